The molecule has 2 N–H and O–H groups in total. The number of rotatable bonds is 7. The van der Waals surface area contributed by atoms with Crippen molar-refractivity contribution in [2.75, 3.05) is 19.6 Å². The molecule has 0 radical (unpaired) electrons. The number of nitrogens with zero attached hydrogens (tertiary/aromatic N) is 3. The predicted molar refractivity (Wildman–Crippen MR) is 102 cm³/mol. The van der Waals surface area contributed by atoms with E-state index in [1.165, 1.54) is 12.8 Å². The molecule has 1 atom stereocenters. The molecule has 3 aliphatic rings. The topological polar surface area (TPSA) is 79.0 Å². The van der Waals surface area contributed by atoms with Crippen molar-refractivity contribution < 1.29 is 9.59 Å². The Hall–Kier alpha value is -1.59. The number of aliphatic imine (C=N–C) groups is 1. The maximum absolute atomic E-state index is 12.8. The van der Waals surface area contributed by atoms with Gasteiger partial charge in [-0.1, -0.05) is 13.8 Å². The monoisotopic (exact) mass is 362 g/mol. The quantitative estimate of drug-likeness (QED) is 0.755. The summed E-state index contributed by atoms with van der Waals surface area (Å²) in [7, 11) is 0. The summed E-state index contributed by atoms with van der Waals surface area (Å²) in [5, 5.41) is 0. The van der Waals surface area contributed by atoms with E-state index in [1.807, 2.05) is 11.8 Å². The van der Waals surface area contributed by atoms with Gasteiger partial charge in [0.1, 0.15) is 5.54 Å². The van der Waals surface area contributed by atoms with Crippen LogP contribution in [0.3, 0.4) is 0 Å². The minimum atomic E-state index is -0.698. The van der Waals surface area contributed by atoms with E-state index in [4.69, 9.17) is 5.73 Å². The molecule has 0 aromatic carbocycles. The molecule has 1 unspecified atom stereocenters. The molecule has 1 aliphatic carbocycles. The second kappa shape index (κ2) is 7.57. The van der Waals surface area contributed by atoms with Gasteiger partial charge in [-0.3, -0.25) is 14.5 Å². The Balaban J connectivity index is 1.44. The van der Waals surface area contributed by atoms with Crippen LogP contribution >= 0.6 is 0 Å². The van der Waals surface area contributed by atoms with Gasteiger partial charge in [-0.25, -0.2) is 4.99 Å². The number of hydrogen-bond acceptors (Lipinski definition) is 4. The lowest BCUT2D eigenvalue weighted by Crippen LogP contribution is -2.45. The van der Waals surface area contributed by atoms with Gasteiger partial charge in [0.15, 0.2) is 5.96 Å². The van der Waals surface area contributed by atoms with Crippen molar-refractivity contribution in [2.24, 2.45) is 28.5 Å². The van der Waals surface area contributed by atoms with E-state index in [9.17, 15) is 9.59 Å². The molecule has 2 fully saturated rings. The summed E-state index contributed by atoms with van der Waals surface area (Å²) in [5.41, 5.74) is 5.35. The summed E-state index contributed by atoms with van der Waals surface area (Å²) in [6.07, 6.45) is 6.91. The van der Waals surface area contributed by atoms with Crippen molar-refractivity contribution in [1.29, 1.82) is 0 Å². The Labute approximate surface area is 157 Å². The predicted octanol–water partition coefficient (Wildman–Crippen LogP) is 2.38. The highest BCUT2D eigenvalue weighted by Crippen LogP contribution is 2.34. The van der Waals surface area contributed by atoms with E-state index in [1.54, 1.807) is 4.90 Å². The van der Waals surface area contributed by atoms with Gasteiger partial charge in [0, 0.05) is 26.1 Å². The third-order valence-corrected chi connectivity index (χ3v) is 6.04. The molecule has 26 heavy (non-hydrogen) atoms. The van der Waals surface area contributed by atoms with Crippen LogP contribution in [0, 0.1) is 17.8 Å². The number of hydrogen-bond donors (Lipinski definition) is 1. The number of amides is 2. The molecule has 0 aromatic heterocycles. The molecule has 1 saturated heterocycles. The van der Waals surface area contributed by atoms with E-state index >= 15 is 0 Å². The zero-order valence-corrected chi connectivity index (χ0v) is 16.5. The van der Waals surface area contributed by atoms with Crippen LogP contribution in [0.4, 0.5) is 0 Å². The normalized spacial score (nSPS) is 27.4. The summed E-state index contributed by atoms with van der Waals surface area (Å²) < 4.78 is 0. The fourth-order valence-corrected chi connectivity index (χ4v) is 4.38. The van der Waals surface area contributed by atoms with E-state index in [2.05, 4.69) is 18.8 Å². The average molecular weight is 363 g/mol. The molecule has 0 bridgehead atoms. The smallest absolute Gasteiger partial charge is 0.257 e. The lowest BCUT2D eigenvalue weighted by Gasteiger charge is -2.33. The maximum Gasteiger partial charge on any atom is 0.257 e. The van der Waals surface area contributed by atoms with Crippen LogP contribution in [0.25, 0.3) is 0 Å². The SMILES string of the molecule is CC(C)CC1(C)N=C(N)N(CCC2CCN(C(=O)CC3CC3)CC2)C1=O. The third-order valence-electron chi connectivity index (χ3n) is 6.04. The lowest BCUT2D eigenvalue weighted by atomic mass is 9.90. The number of nitrogens with two attached hydrogens (primary N) is 1. The van der Waals surface area contributed by atoms with Crippen molar-refractivity contribution in [2.45, 2.75) is 71.3 Å². The first kappa shape index (κ1) is 19.2. The average Bonchev–Trinajstić information content (AvgIpc) is 3.34. The minimum absolute atomic E-state index is 0.0424. The van der Waals surface area contributed by atoms with Gasteiger partial charge in [0.25, 0.3) is 5.91 Å². The van der Waals surface area contributed by atoms with Gasteiger partial charge < -0.3 is 10.6 Å². The van der Waals surface area contributed by atoms with Crippen LogP contribution in [-0.2, 0) is 9.59 Å². The van der Waals surface area contributed by atoms with Crippen LogP contribution in [0.1, 0.15) is 65.7 Å². The Morgan fingerprint density at radius 2 is 1.88 bits per heavy atom. The molecule has 2 amide bonds. The zero-order chi connectivity index (χ0) is 18.9. The first-order chi connectivity index (χ1) is 12.3. The van der Waals surface area contributed by atoms with Crippen LogP contribution in [0.5, 0.6) is 0 Å². The van der Waals surface area contributed by atoms with E-state index in [0.717, 1.165) is 45.2 Å². The minimum Gasteiger partial charge on any atom is -0.369 e. The highest BCUT2D eigenvalue weighted by molar-refractivity contribution is 6.06. The zero-order valence-electron chi connectivity index (χ0n) is 16.5. The second-order valence-corrected chi connectivity index (χ2v) is 9.06. The number of guanidine groups is 1. The van der Waals surface area contributed by atoms with Crippen molar-refractivity contribution in [1.82, 2.24) is 9.80 Å². The van der Waals surface area contributed by atoms with E-state index in [0.29, 0.717) is 36.2 Å². The summed E-state index contributed by atoms with van der Waals surface area (Å²) in [6, 6.07) is 0. The molecule has 6 nitrogen and oxygen atoms in total. The van der Waals surface area contributed by atoms with Crippen molar-refractivity contribution in [3.63, 3.8) is 0 Å². The van der Waals surface area contributed by atoms with Gasteiger partial charge in [0.2, 0.25) is 5.91 Å². The molecule has 2 heterocycles. The van der Waals surface area contributed by atoms with Gasteiger partial charge in [-0.15, -0.1) is 0 Å². The summed E-state index contributed by atoms with van der Waals surface area (Å²) >= 11 is 0. The van der Waals surface area contributed by atoms with Crippen LogP contribution in [0.2, 0.25) is 0 Å². The van der Waals surface area contributed by atoms with Gasteiger partial charge in [-0.05, 0) is 63.2 Å². The largest absolute Gasteiger partial charge is 0.369 e. The Kier molecular flexibility index (Phi) is 5.58. The fourth-order valence-electron chi connectivity index (χ4n) is 4.38. The summed E-state index contributed by atoms with van der Waals surface area (Å²) in [4.78, 5) is 33.2. The fraction of sp³-hybridized carbons (Fsp3) is 0.850. The highest BCUT2D eigenvalue weighted by atomic mass is 16.2. The Morgan fingerprint density at radius 3 is 2.46 bits per heavy atom. The van der Waals surface area contributed by atoms with E-state index in [-0.39, 0.29) is 5.91 Å². The van der Waals surface area contributed by atoms with Crippen LogP contribution < -0.4 is 5.73 Å². The number of piperidine rings is 1. The summed E-state index contributed by atoms with van der Waals surface area (Å²) in [6.45, 7) is 8.46. The molecule has 0 aromatic rings. The van der Waals surface area contributed by atoms with Crippen molar-refractivity contribution >= 4 is 17.8 Å². The number of likely N-dealkylation sites (tertiary alicyclic amines) is 1. The number of carbonyl (C=O) groups is 2. The highest BCUT2D eigenvalue weighted by Gasteiger charge is 2.44. The third kappa shape index (κ3) is 4.38. The Morgan fingerprint density at radius 1 is 1.23 bits per heavy atom. The molecular formula is C20H34N4O2. The van der Waals surface area contributed by atoms with E-state index < -0.39 is 5.54 Å². The molecule has 3 rings (SSSR count). The maximum atomic E-state index is 12.8. The molecule has 146 valence electrons. The first-order valence-corrected chi connectivity index (χ1v) is 10.2. The van der Waals surface area contributed by atoms with Gasteiger partial charge in [-0.2, -0.15) is 0 Å². The van der Waals surface area contributed by atoms with Gasteiger partial charge in [0.05, 0.1) is 0 Å². The Bertz CT molecular complexity index is 576. The molecule has 6 heteroatoms. The molecule has 2 aliphatic heterocycles. The van der Waals surface area contributed by atoms with Crippen LogP contribution in [-0.4, -0.2) is 52.7 Å². The van der Waals surface area contributed by atoms with Gasteiger partial charge >= 0.3 is 0 Å². The molecule has 0 spiro atoms. The summed E-state index contributed by atoms with van der Waals surface area (Å²) in [5.74, 6) is 2.36. The van der Waals surface area contributed by atoms with Crippen molar-refractivity contribution in [3.8, 4) is 0 Å². The van der Waals surface area contributed by atoms with Crippen LogP contribution in [0.15, 0.2) is 4.99 Å². The standard InChI is InChI=1S/C20H34N4O2/c1-14(2)13-20(3)18(26)24(19(21)22-20)11-8-15-6-9-23(10-7-15)17(25)12-16-4-5-16/h14-16H,4-13H2,1-3H3,(H2,21,22). The van der Waals surface area contributed by atoms with Crippen molar-refractivity contribution in [3.05, 3.63) is 0 Å². The molecule has 1 saturated carbocycles. The first-order valence-electron chi connectivity index (χ1n) is 10.2. The second-order valence-electron chi connectivity index (χ2n) is 9.06. The lowest BCUT2D eigenvalue weighted by molar-refractivity contribution is -0.133. The molecular weight excluding hydrogens is 328 g/mol. The number of carbonyl (C=O) groups excluding carboxylic acids is 2.